The summed E-state index contributed by atoms with van der Waals surface area (Å²) in [6, 6.07) is 18.3. The first kappa shape index (κ1) is 50.9. The van der Waals surface area contributed by atoms with E-state index in [2.05, 4.69) is 76.2 Å². The molecule has 1 aliphatic carbocycles. The molecule has 0 aliphatic heterocycles. The summed E-state index contributed by atoms with van der Waals surface area (Å²) >= 11 is 0. The van der Waals surface area contributed by atoms with Gasteiger partial charge in [-0.1, -0.05) is 102 Å². The zero-order valence-electron chi connectivity index (χ0n) is 39.8. The lowest BCUT2D eigenvalue weighted by Crippen LogP contribution is -2.12. The van der Waals surface area contributed by atoms with Crippen LogP contribution in [0.2, 0.25) is 0 Å². The molecular formula is C56H80O8. The van der Waals surface area contributed by atoms with Gasteiger partial charge in [0, 0.05) is 52.1 Å². The van der Waals surface area contributed by atoms with Gasteiger partial charge in [-0.2, -0.15) is 0 Å². The summed E-state index contributed by atoms with van der Waals surface area (Å²) in [4.78, 5) is 0. The van der Waals surface area contributed by atoms with E-state index in [1.54, 1.807) is 0 Å². The van der Waals surface area contributed by atoms with E-state index in [0.29, 0.717) is 77.8 Å². The van der Waals surface area contributed by atoms with Gasteiger partial charge in [-0.3, -0.25) is 0 Å². The Morgan fingerprint density at radius 1 is 0.312 bits per heavy atom. The minimum Gasteiger partial charge on any atom is -0.493 e. The Bertz CT molecular complexity index is 1620. The maximum absolute atomic E-state index is 10.0. The summed E-state index contributed by atoms with van der Waals surface area (Å²) in [5.74, 6) is 3.62. The van der Waals surface area contributed by atoms with Gasteiger partial charge in [0.05, 0.1) is 26.4 Å². The first-order chi connectivity index (χ1) is 31.4. The van der Waals surface area contributed by atoms with Gasteiger partial charge in [0.15, 0.2) is 0 Å². The van der Waals surface area contributed by atoms with Gasteiger partial charge in [0.2, 0.25) is 0 Å². The summed E-state index contributed by atoms with van der Waals surface area (Å²) in [7, 11) is 0. The van der Waals surface area contributed by atoms with Crippen molar-refractivity contribution in [1.82, 2.24) is 0 Å². The Hall–Kier alpha value is -4.08. The maximum atomic E-state index is 10.0. The van der Waals surface area contributed by atoms with Gasteiger partial charge in [-0.25, -0.2) is 0 Å². The summed E-state index contributed by atoms with van der Waals surface area (Å²) in [6.07, 6.45) is 15.8. The van der Waals surface area contributed by atoms with Crippen molar-refractivity contribution in [1.29, 1.82) is 0 Å². The van der Waals surface area contributed by atoms with Crippen molar-refractivity contribution in [3.8, 4) is 23.0 Å². The Labute approximate surface area is 385 Å². The molecule has 0 saturated heterocycles. The van der Waals surface area contributed by atoms with Gasteiger partial charge in [0.25, 0.3) is 0 Å². The third-order valence-electron chi connectivity index (χ3n) is 12.2. The predicted molar refractivity (Wildman–Crippen MR) is 260 cm³/mol. The molecule has 4 N–H and O–H groups in total. The summed E-state index contributed by atoms with van der Waals surface area (Å²) in [5.41, 5.74) is 13.4. The second-order valence-electron chi connectivity index (χ2n) is 17.8. The molecule has 0 saturated carbocycles. The van der Waals surface area contributed by atoms with Crippen LogP contribution in [0.3, 0.4) is 0 Å². The smallest absolute Gasteiger partial charge is 0.126 e. The number of aryl methyl sites for hydroxylation is 4. The molecule has 64 heavy (non-hydrogen) atoms. The normalized spacial score (nSPS) is 12.4. The molecule has 4 aromatic rings. The molecular weight excluding hydrogens is 801 g/mol. The lowest BCUT2D eigenvalue weighted by atomic mass is 9.87. The molecule has 0 radical (unpaired) electrons. The molecule has 0 fully saturated rings. The highest BCUT2D eigenvalue weighted by Crippen LogP contribution is 2.41. The number of aliphatic hydroxyl groups is 4. The molecule has 5 rings (SSSR count). The molecule has 0 amide bonds. The molecule has 0 unspecified atom stereocenters. The molecule has 8 nitrogen and oxygen atoms in total. The SMILES string of the molecule is CCCCOc1c2cc(CCCO)cc1Cc1cc(CCCO)cc(c1OCCCC)Cc1cc(CCCO)cc(c1OCCCC)Cc1cc(CCCO)cc(c1OCCCC)C2. The third-order valence-corrected chi connectivity index (χ3v) is 12.2. The Morgan fingerprint density at radius 2 is 0.500 bits per heavy atom. The monoisotopic (exact) mass is 881 g/mol. The number of benzene rings is 4. The van der Waals surface area contributed by atoms with Crippen molar-refractivity contribution >= 4 is 0 Å². The number of aliphatic hydroxyl groups excluding tert-OH is 4. The molecule has 8 heteroatoms. The molecule has 0 aromatic heterocycles. The number of ether oxygens (including phenoxy) is 4. The number of hydrogen-bond donors (Lipinski definition) is 4. The van der Waals surface area contributed by atoms with Gasteiger partial charge in [-0.05, 0) is 144 Å². The van der Waals surface area contributed by atoms with Crippen LogP contribution < -0.4 is 18.9 Å². The van der Waals surface area contributed by atoms with Gasteiger partial charge >= 0.3 is 0 Å². The average molecular weight is 881 g/mol. The second kappa shape index (κ2) is 28.1. The second-order valence-corrected chi connectivity index (χ2v) is 17.8. The van der Waals surface area contributed by atoms with Crippen LogP contribution in [0.1, 0.15) is 172 Å². The van der Waals surface area contributed by atoms with E-state index in [9.17, 15) is 20.4 Å². The molecule has 352 valence electrons. The Morgan fingerprint density at radius 3 is 0.656 bits per heavy atom. The van der Waals surface area contributed by atoms with Gasteiger partial charge < -0.3 is 39.4 Å². The number of rotatable bonds is 28. The lowest BCUT2D eigenvalue weighted by Gasteiger charge is -2.25. The van der Waals surface area contributed by atoms with Crippen molar-refractivity contribution in [3.63, 3.8) is 0 Å². The fourth-order valence-corrected chi connectivity index (χ4v) is 8.90. The van der Waals surface area contributed by atoms with E-state index in [0.717, 1.165) is 167 Å². The minimum atomic E-state index is 0.114. The quantitative estimate of drug-likeness (QED) is 0.0367. The highest BCUT2D eigenvalue weighted by Gasteiger charge is 2.25. The largest absolute Gasteiger partial charge is 0.493 e. The van der Waals surface area contributed by atoms with Crippen LogP contribution in [-0.2, 0) is 51.4 Å². The summed E-state index contributed by atoms with van der Waals surface area (Å²) in [5, 5.41) is 40.2. The van der Waals surface area contributed by atoms with Crippen LogP contribution in [0.15, 0.2) is 48.5 Å². The van der Waals surface area contributed by atoms with Gasteiger partial charge in [0.1, 0.15) is 23.0 Å². The fraction of sp³-hybridized carbons (Fsp3) is 0.571. The van der Waals surface area contributed by atoms with E-state index < -0.39 is 0 Å². The average Bonchev–Trinajstić information content (AvgIpc) is 3.29. The third kappa shape index (κ3) is 15.0. The van der Waals surface area contributed by atoms with E-state index in [4.69, 9.17) is 18.9 Å². The van der Waals surface area contributed by atoms with Crippen LogP contribution in [0.25, 0.3) is 0 Å². The maximum Gasteiger partial charge on any atom is 0.126 e. The van der Waals surface area contributed by atoms with Crippen molar-refractivity contribution in [2.75, 3.05) is 52.9 Å². The molecule has 0 heterocycles. The molecule has 0 spiro atoms. The Balaban J connectivity index is 1.92. The highest BCUT2D eigenvalue weighted by atomic mass is 16.5. The van der Waals surface area contributed by atoms with E-state index in [-0.39, 0.29) is 26.4 Å². The van der Waals surface area contributed by atoms with Crippen molar-refractivity contribution in [2.24, 2.45) is 0 Å². The van der Waals surface area contributed by atoms with Crippen LogP contribution in [0, 0.1) is 0 Å². The van der Waals surface area contributed by atoms with Crippen molar-refractivity contribution in [3.05, 3.63) is 115 Å². The number of hydrogen-bond acceptors (Lipinski definition) is 8. The van der Waals surface area contributed by atoms with Crippen molar-refractivity contribution in [2.45, 2.75) is 156 Å². The summed E-state index contributed by atoms with van der Waals surface area (Å²) < 4.78 is 27.7. The first-order valence-electron chi connectivity index (χ1n) is 24.9. The van der Waals surface area contributed by atoms with Crippen molar-refractivity contribution < 1.29 is 39.4 Å². The predicted octanol–water partition coefficient (Wildman–Crippen LogP) is 10.8. The lowest BCUT2D eigenvalue weighted by molar-refractivity contribution is 0.288. The molecule has 4 aromatic carbocycles. The van der Waals surface area contributed by atoms with Gasteiger partial charge in [-0.15, -0.1) is 0 Å². The number of fused-ring (bicyclic) bond motifs is 8. The minimum absolute atomic E-state index is 0.114. The molecule has 0 atom stereocenters. The first-order valence-corrected chi connectivity index (χ1v) is 24.9. The number of unbranched alkanes of at least 4 members (excludes halogenated alkanes) is 4. The van der Waals surface area contributed by atoms with Crippen LogP contribution in [0.5, 0.6) is 23.0 Å². The Kier molecular flexibility index (Phi) is 22.3. The van der Waals surface area contributed by atoms with Crippen LogP contribution >= 0.6 is 0 Å². The topological polar surface area (TPSA) is 118 Å². The van der Waals surface area contributed by atoms with E-state index in [1.165, 1.54) is 0 Å². The summed E-state index contributed by atoms with van der Waals surface area (Å²) in [6.45, 7) is 11.6. The zero-order chi connectivity index (χ0) is 45.5. The fourth-order valence-electron chi connectivity index (χ4n) is 8.90. The molecule has 1 aliphatic rings. The molecule has 8 bridgehead atoms. The van der Waals surface area contributed by atoms with Crippen LogP contribution in [-0.4, -0.2) is 73.3 Å². The van der Waals surface area contributed by atoms with Crippen LogP contribution in [0.4, 0.5) is 0 Å². The zero-order valence-corrected chi connectivity index (χ0v) is 39.8. The van der Waals surface area contributed by atoms with E-state index in [1.807, 2.05) is 0 Å². The standard InChI is InChI=1S/C56H80O8/c1-5-9-25-61-53-45-29-41(17-13-21-57)30-46(53)38-48-32-43(19-15-23-59)34-50(55(48)63-27-11-7-3)40-52-36-44(20-16-24-60)35-51(56(52)64-28-12-8-4)39-49-33-42(18-14-22-58)31-47(37-45)54(49)62-26-10-6-2/h29-36,57-60H,5-28,37-40H2,1-4H3. The van der Waals surface area contributed by atoms with E-state index >= 15 is 0 Å². The highest BCUT2D eigenvalue weighted by molar-refractivity contribution is 5.58.